The number of hydrogen-bond donors (Lipinski definition) is 1. The van der Waals surface area contributed by atoms with Gasteiger partial charge in [-0.15, -0.1) is 12.0 Å². The zero-order chi connectivity index (χ0) is 17.8. The first-order chi connectivity index (χ1) is 10.6. The molecule has 2 nitrogen and oxygen atoms in total. The van der Waals surface area contributed by atoms with Gasteiger partial charge in [-0.1, -0.05) is 53.4 Å². The summed E-state index contributed by atoms with van der Waals surface area (Å²) in [6, 6.07) is 4.90. The number of carbonyl (C=O) groups is 1. The summed E-state index contributed by atoms with van der Waals surface area (Å²) in [6.07, 6.45) is 5.43. The minimum absolute atomic E-state index is 0.190. The molecule has 0 fully saturated rings. The van der Waals surface area contributed by atoms with Crippen molar-refractivity contribution in [2.24, 2.45) is 0 Å². The van der Waals surface area contributed by atoms with Gasteiger partial charge in [0, 0.05) is 11.1 Å². The van der Waals surface area contributed by atoms with Gasteiger partial charge in [0.15, 0.2) is 0 Å². The molecule has 1 N–H and O–H groups in total. The van der Waals surface area contributed by atoms with Gasteiger partial charge in [0.2, 0.25) is 0 Å². The van der Waals surface area contributed by atoms with Crippen LogP contribution < -0.4 is 0 Å². The van der Waals surface area contributed by atoms with E-state index in [0.717, 1.165) is 0 Å². The van der Waals surface area contributed by atoms with Crippen LogP contribution in [0.3, 0.4) is 0 Å². The standard InChI is InChI=1S/C20H26O2Si/c1-8-17-11-18(13-19(12-17)20(21)22)9-10-23(14(2)3,15(4)5)16(6)7/h1,11-16H,2-7H3,(H,21,22). The van der Waals surface area contributed by atoms with Gasteiger partial charge in [0.25, 0.3) is 0 Å². The molecular formula is C20H26O2Si. The normalized spacial score (nSPS) is 11.3. The predicted molar refractivity (Wildman–Crippen MR) is 99.3 cm³/mol. The zero-order valence-electron chi connectivity index (χ0n) is 14.9. The van der Waals surface area contributed by atoms with Crippen LogP contribution in [0.1, 0.15) is 63.0 Å². The number of benzene rings is 1. The fourth-order valence-electron chi connectivity index (χ4n) is 3.52. The Morgan fingerprint density at radius 1 is 1.00 bits per heavy atom. The third-order valence-corrected chi connectivity index (χ3v) is 10.9. The van der Waals surface area contributed by atoms with Crippen LogP contribution in [-0.2, 0) is 0 Å². The van der Waals surface area contributed by atoms with Gasteiger partial charge < -0.3 is 5.11 Å². The van der Waals surface area contributed by atoms with Crippen molar-refractivity contribution in [1.29, 1.82) is 0 Å². The van der Waals surface area contributed by atoms with E-state index >= 15 is 0 Å². The van der Waals surface area contributed by atoms with E-state index in [1.807, 2.05) is 0 Å². The molecular weight excluding hydrogens is 300 g/mol. The highest BCUT2D eigenvalue weighted by Gasteiger charge is 2.41. The monoisotopic (exact) mass is 326 g/mol. The van der Waals surface area contributed by atoms with E-state index in [9.17, 15) is 9.90 Å². The number of aromatic carboxylic acids is 1. The van der Waals surface area contributed by atoms with Crippen LogP contribution >= 0.6 is 0 Å². The molecule has 23 heavy (non-hydrogen) atoms. The summed E-state index contributed by atoms with van der Waals surface area (Å²) in [5.41, 5.74) is 6.63. The lowest BCUT2D eigenvalue weighted by Crippen LogP contribution is -2.43. The molecule has 122 valence electrons. The van der Waals surface area contributed by atoms with Crippen molar-refractivity contribution < 1.29 is 9.90 Å². The Labute approximate surface area is 141 Å². The topological polar surface area (TPSA) is 37.3 Å². The maximum Gasteiger partial charge on any atom is 0.335 e. The largest absolute Gasteiger partial charge is 0.478 e. The smallest absolute Gasteiger partial charge is 0.335 e. The van der Waals surface area contributed by atoms with Crippen LogP contribution in [-0.4, -0.2) is 19.1 Å². The quantitative estimate of drug-likeness (QED) is 0.629. The number of terminal acetylenes is 1. The van der Waals surface area contributed by atoms with Crippen LogP contribution in [0.4, 0.5) is 0 Å². The summed E-state index contributed by atoms with van der Waals surface area (Å²) in [5.74, 6) is 4.78. The maximum atomic E-state index is 11.2. The molecule has 0 spiro atoms. The molecule has 1 aromatic carbocycles. The van der Waals surface area contributed by atoms with Gasteiger partial charge in [-0.2, -0.15) is 0 Å². The molecule has 0 aliphatic rings. The Bertz CT molecular complexity index is 660. The third-order valence-electron chi connectivity index (χ3n) is 4.64. The minimum atomic E-state index is -1.84. The molecule has 0 amide bonds. The van der Waals surface area contributed by atoms with E-state index in [0.29, 0.717) is 27.8 Å². The Balaban J connectivity index is 3.46. The van der Waals surface area contributed by atoms with Crippen LogP contribution in [0.2, 0.25) is 16.6 Å². The molecule has 1 aromatic rings. The average molecular weight is 327 g/mol. The molecule has 0 radical (unpaired) electrons. The van der Waals surface area contributed by atoms with Crippen LogP contribution in [0.25, 0.3) is 0 Å². The van der Waals surface area contributed by atoms with Gasteiger partial charge >= 0.3 is 5.97 Å². The Kier molecular flexibility index (Phi) is 6.25. The Morgan fingerprint density at radius 3 is 1.87 bits per heavy atom. The molecule has 0 saturated carbocycles. The van der Waals surface area contributed by atoms with Gasteiger partial charge in [-0.3, -0.25) is 0 Å². The first-order valence-electron chi connectivity index (χ1n) is 8.03. The van der Waals surface area contributed by atoms with E-state index in [2.05, 4.69) is 58.9 Å². The summed E-state index contributed by atoms with van der Waals surface area (Å²) in [4.78, 5) is 11.2. The first kappa shape index (κ1) is 19.1. The number of hydrogen-bond acceptors (Lipinski definition) is 1. The maximum absolute atomic E-state index is 11.2. The lowest BCUT2D eigenvalue weighted by molar-refractivity contribution is 0.0697. The number of carboxylic acids is 1. The van der Waals surface area contributed by atoms with Gasteiger partial charge in [0.05, 0.1) is 5.56 Å². The molecule has 0 aliphatic carbocycles. The van der Waals surface area contributed by atoms with Crippen LogP contribution in [0.5, 0.6) is 0 Å². The molecule has 0 bridgehead atoms. The molecule has 0 saturated heterocycles. The SMILES string of the molecule is C#Cc1cc(C#C[Si](C(C)C)(C(C)C)C(C)C)cc(C(=O)O)c1. The van der Waals surface area contributed by atoms with E-state index < -0.39 is 14.0 Å². The first-order valence-corrected chi connectivity index (χ1v) is 10.3. The van der Waals surface area contributed by atoms with Crippen molar-refractivity contribution >= 4 is 14.0 Å². The lowest BCUT2D eigenvalue weighted by Gasteiger charge is -2.38. The van der Waals surface area contributed by atoms with Crippen molar-refractivity contribution in [2.75, 3.05) is 0 Å². The predicted octanol–water partition coefficient (Wildman–Crippen LogP) is 4.94. The van der Waals surface area contributed by atoms with E-state index in [1.54, 1.807) is 12.1 Å². The fourth-order valence-corrected chi connectivity index (χ4v) is 8.75. The molecule has 1 rings (SSSR count). The molecule has 0 unspecified atom stereocenters. The van der Waals surface area contributed by atoms with Crippen molar-refractivity contribution in [1.82, 2.24) is 0 Å². The fraction of sp³-hybridized carbons (Fsp3) is 0.450. The van der Waals surface area contributed by atoms with E-state index in [1.165, 1.54) is 6.07 Å². The van der Waals surface area contributed by atoms with Gasteiger partial charge in [0.1, 0.15) is 8.07 Å². The summed E-state index contributed by atoms with van der Waals surface area (Å²) >= 11 is 0. The molecule has 3 heteroatoms. The Hall–Kier alpha value is -1.97. The second-order valence-electron chi connectivity index (χ2n) is 6.90. The lowest BCUT2D eigenvalue weighted by atomic mass is 10.1. The third kappa shape index (κ3) is 4.06. The highest BCUT2D eigenvalue weighted by molar-refractivity contribution is 6.90. The van der Waals surface area contributed by atoms with Crippen LogP contribution in [0, 0.1) is 23.8 Å². The number of rotatable bonds is 4. The molecule has 0 aromatic heterocycles. The molecule has 0 atom stereocenters. The van der Waals surface area contributed by atoms with E-state index in [4.69, 9.17) is 6.42 Å². The van der Waals surface area contributed by atoms with Gasteiger partial charge in [-0.05, 0) is 34.8 Å². The van der Waals surface area contributed by atoms with Crippen LogP contribution in [0.15, 0.2) is 18.2 Å². The summed E-state index contributed by atoms with van der Waals surface area (Å²) in [6.45, 7) is 13.5. The molecule has 0 aliphatic heterocycles. The molecule has 0 heterocycles. The van der Waals surface area contributed by atoms with Crippen molar-refractivity contribution in [2.45, 2.75) is 58.2 Å². The number of carboxylic acid groups (broad SMARTS) is 1. The minimum Gasteiger partial charge on any atom is -0.478 e. The summed E-state index contributed by atoms with van der Waals surface area (Å²) < 4.78 is 0. The van der Waals surface area contributed by atoms with Crippen molar-refractivity contribution in [3.8, 4) is 23.8 Å². The highest BCUT2D eigenvalue weighted by atomic mass is 28.3. The highest BCUT2D eigenvalue weighted by Crippen LogP contribution is 2.40. The second-order valence-corrected chi connectivity index (χ2v) is 12.5. The van der Waals surface area contributed by atoms with E-state index in [-0.39, 0.29) is 5.56 Å². The second kappa shape index (κ2) is 7.53. The zero-order valence-corrected chi connectivity index (χ0v) is 15.9. The summed E-state index contributed by atoms with van der Waals surface area (Å²) in [5, 5.41) is 9.21. The summed E-state index contributed by atoms with van der Waals surface area (Å²) in [7, 11) is -1.84. The Morgan fingerprint density at radius 2 is 1.48 bits per heavy atom. The van der Waals surface area contributed by atoms with Gasteiger partial charge in [-0.25, -0.2) is 4.79 Å². The average Bonchev–Trinajstić information content (AvgIpc) is 2.46. The van der Waals surface area contributed by atoms with Crippen molar-refractivity contribution in [3.63, 3.8) is 0 Å². The van der Waals surface area contributed by atoms with Crippen molar-refractivity contribution in [3.05, 3.63) is 34.9 Å².